The van der Waals surface area contributed by atoms with Crippen molar-refractivity contribution < 1.29 is 14.0 Å². The van der Waals surface area contributed by atoms with Crippen LogP contribution < -0.4 is 20.4 Å². The molecule has 2 aliphatic rings. The van der Waals surface area contributed by atoms with E-state index in [-0.39, 0.29) is 11.6 Å². The van der Waals surface area contributed by atoms with Gasteiger partial charge >= 0.3 is 6.03 Å². The Labute approximate surface area is 181 Å². The zero-order valence-electron chi connectivity index (χ0n) is 17.5. The summed E-state index contributed by atoms with van der Waals surface area (Å²) in [5.74, 6) is 0.194. The molecular weight excluding hydrogens is 397 g/mol. The van der Waals surface area contributed by atoms with Gasteiger partial charge in [-0.25, -0.2) is 14.2 Å². The lowest BCUT2D eigenvalue weighted by Gasteiger charge is -2.22. The molecule has 1 aromatic carbocycles. The Morgan fingerprint density at radius 1 is 1.10 bits per heavy atom. The molecular formula is C23H28FN5O2. The first-order chi connectivity index (χ1) is 15.1. The highest BCUT2D eigenvalue weighted by Crippen LogP contribution is 2.24. The summed E-state index contributed by atoms with van der Waals surface area (Å²) in [5, 5.41) is 5.53. The van der Waals surface area contributed by atoms with Gasteiger partial charge in [0.15, 0.2) is 0 Å². The summed E-state index contributed by atoms with van der Waals surface area (Å²) in [7, 11) is 0. The predicted octanol–water partition coefficient (Wildman–Crippen LogP) is 3.21. The van der Waals surface area contributed by atoms with E-state index in [2.05, 4.69) is 20.5 Å². The predicted molar refractivity (Wildman–Crippen MR) is 117 cm³/mol. The molecule has 0 aliphatic carbocycles. The Morgan fingerprint density at radius 2 is 1.87 bits per heavy atom. The van der Waals surface area contributed by atoms with E-state index in [0.29, 0.717) is 19.5 Å². The standard InChI is InChI=1S/C23H28FN5O2/c24-18-7-3-4-8-20(18)29-14-10-19(22(29)30)27-23(31)26-16-17-9-11-25-21(15-17)28-12-5-1-2-6-13-28/h3-4,7-9,11,15,19H,1-2,5-6,10,12-14,16H2,(H2,26,27,31). The molecule has 1 aromatic heterocycles. The second-order valence-corrected chi connectivity index (χ2v) is 8.03. The zero-order valence-corrected chi connectivity index (χ0v) is 17.5. The molecule has 2 saturated heterocycles. The number of carbonyl (C=O) groups excluding carboxylic acids is 2. The first kappa shape index (κ1) is 21.1. The number of hydrogen-bond donors (Lipinski definition) is 2. The van der Waals surface area contributed by atoms with E-state index >= 15 is 0 Å². The van der Waals surface area contributed by atoms with Gasteiger partial charge in [-0.1, -0.05) is 25.0 Å². The summed E-state index contributed by atoms with van der Waals surface area (Å²) in [6.07, 6.45) is 7.06. The summed E-state index contributed by atoms with van der Waals surface area (Å²) < 4.78 is 14.0. The molecule has 4 rings (SSSR count). The van der Waals surface area contributed by atoms with Crippen molar-refractivity contribution in [3.05, 3.63) is 54.0 Å². The Morgan fingerprint density at radius 3 is 2.65 bits per heavy atom. The van der Waals surface area contributed by atoms with Crippen LogP contribution in [0.25, 0.3) is 0 Å². The van der Waals surface area contributed by atoms with Gasteiger partial charge < -0.3 is 20.4 Å². The molecule has 2 aliphatic heterocycles. The van der Waals surface area contributed by atoms with Gasteiger partial charge in [0, 0.05) is 32.4 Å². The number of carbonyl (C=O) groups is 2. The van der Waals surface area contributed by atoms with Gasteiger partial charge in [-0.3, -0.25) is 4.79 Å². The average Bonchev–Trinajstić information content (AvgIpc) is 2.97. The van der Waals surface area contributed by atoms with Gasteiger partial charge in [0.1, 0.15) is 17.7 Å². The van der Waals surface area contributed by atoms with E-state index in [4.69, 9.17) is 0 Å². The van der Waals surface area contributed by atoms with Crippen LogP contribution in [0.1, 0.15) is 37.7 Å². The average molecular weight is 426 g/mol. The molecule has 2 aromatic rings. The molecule has 3 amide bonds. The van der Waals surface area contributed by atoms with E-state index in [1.165, 1.54) is 36.6 Å². The van der Waals surface area contributed by atoms with E-state index < -0.39 is 17.9 Å². The summed E-state index contributed by atoms with van der Waals surface area (Å²) in [5.41, 5.74) is 1.20. The Hall–Kier alpha value is -3.16. The number of rotatable bonds is 5. The monoisotopic (exact) mass is 425 g/mol. The maximum Gasteiger partial charge on any atom is 0.315 e. The number of hydrogen-bond acceptors (Lipinski definition) is 4. The number of anilines is 2. The number of amides is 3. The number of urea groups is 1. The summed E-state index contributed by atoms with van der Waals surface area (Å²) in [4.78, 5) is 33.2. The molecule has 1 unspecified atom stereocenters. The van der Waals surface area contributed by atoms with Crippen molar-refractivity contribution in [1.82, 2.24) is 15.6 Å². The molecule has 1 atom stereocenters. The highest BCUT2D eigenvalue weighted by Gasteiger charge is 2.34. The molecule has 0 radical (unpaired) electrons. The number of para-hydroxylation sites is 1. The topological polar surface area (TPSA) is 77.6 Å². The first-order valence-corrected chi connectivity index (χ1v) is 10.9. The van der Waals surface area contributed by atoms with Gasteiger partial charge in [-0.05, 0) is 49.1 Å². The molecule has 7 nitrogen and oxygen atoms in total. The van der Waals surface area contributed by atoms with Crippen molar-refractivity contribution in [3.63, 3.8) is 0 Å². The van der Waals surface area contributed by atoms with E-state index in [0.717, 1.165) is 24.5 Å². The smallest absolute Gasteiger partial charge is 0.315 e. The lowest BCUT2D eigenvalue weighted by atomic mass is 10.2. The third-order valence-corrected chi connectivity index (χ3v) is 5.85. The van der Waals surface area contributed by atoms with Crippen LogP contribution in [0.3, 0.4) is 0 Å². The quantitative estimate of drug-likeness (QED) is 0.771. The van der Waals surface area contributed by atoms with Crippen LogP contribution in [0.4, 0.5) is 20.7 Å². The Kier molecular flexibility index (Phi) is 6.64. The molecule has 31 heavy (non-hydrogen) atoms. The lowest BCUT2D eigenvalue weighted by Crippen LogP contribution is -2.46. The van der Waals surface area contributed by atoms with Crippen molar-refractivity contribution >= 4 is 23.4 Å². The summed E-state index contributed by atoms with van der Waals surface area (Å²) >= 11 is 0. The van der Waals surface area contributed by atoms with Gasteiger partial charge in [0.05, 0.1) is 5.69 Å². The van der Waals surface area contributed by atoms with Gasteiger partial charge in [-0.2, -0.15) is 0 Å². The zero-order chi connectivity index (χ0) is 21.6. The fourth-order valence-electron chi connectivity index (χ4n) is 4.16. The van der Waals surface area contributed by atoms with Crippen LogP contribution >= 0.6 is 0 Å². The first-order valence-electron chi connectivity index (χ1n) is 10.9. The van der Waals surface area contributed by atoms with Crippen molar-refractivity contribution in [3.8, 4) is 0 Å². The van der Waals surface area contributed by atoms with E-state index in [9.17, 15) is 14.0 Å². The van der Waals surface area contributed by atoms with Crippen LogP contribution in [-0.4, -0.2) is 42.6 Å². The van der Waals surface area contributed by atoms with Crippen molar-refractivity contribution in [1.29, 1.82) is 0 Å². The number of benzene rings is 1. The highest BCUT2D eigenvalue weighted by molar-refractivity contribution is 6.01. The van der Waals surface area contributed by atoms with Crippen molar-refractivity contribution in [2.45, 2.75) is 44.7 Å². The fourth-order valence-corrected chi connectivity index (χ4v) is 4.16. The molecule has 0 saturated carbocycles. The molecule has 3 heterocycles. The lowest BCUT2D eigenvalue weighted by molar-refractivity contribution is -0.118. The third-order valence-electron chi connectivity index (χ3n) is 5.85. The van der Waals surface area contributed by atoms with E-state index in [1.54, 1.807) is 24.4 Å². The van der Waals surface area contributed by atoms with E-state index in [1.807, 2.05) is 12.1 Å². The summed E-state index contributed by atoms with van der Waals surface area (Å²) in [6, 6.07) is 8.97. The maximum absolute atomic E-state index is 14.0. The fraction of sp³-hybridized carbons (Fsp3) is 0.435. The van der Waals surface area contributed by atoms with Crippen LogP contribution in [0, 0.1) is 5.82 Å². The molecule has 164 valence electrons. The minimum Gasteiger partial charge on any atom is -0.357 e. The molecule has 2 N–H and O–H groups in total. The van der Waals surface area contributed by atoms with Crippen molar-refractivity contribution in [2.24, 2.45) is 0 Å². The van der Waals surface area contributed by atoms with Gasteiger partial charge in [0.2, 0.25) is 5.91 Å². The van der Waals surface area contributed by atoms with Crippen molar-refractivity contribution in [2.75, 3.05) is 29.4 Å². The second kappa shape index (κ2) is 9.76. The SMILES string of the molecule is O=C(NCc1ccnc(N2CCCCCC2)c1)NC1CCN(c2ccccc2F)C1=O. The van der Waals surface area contributed by atoms with Crippen LogP contribution in [-0.2, 0) is 11.3 Å². The number of halogens is 1. The molecule has 0 bridgehead atoms. The third kappa shape index (κ3) is 5.13. The molecule has 0 spiro atoms. The van der Waals surface area contributed by atoms with Gasteiger partial charge in [0.25, 0.3) is 0 Å². The van der Waals surface area contributed by atoms with Crippen LogP contribution in [0.2, 0.25) is 0 Å². The number of pyridine rings is 1. The Bertz CT molecular complexity index is 930. The second-order valence-electron chi connectivity index (χ2n) is 8.03. The normalized spacial score (nSPS) is 19.3. The number of nitrogens with one attached hydrogen (secondary N) is 2. The minimum absolute atomic E-state index is 0.245. The highest BCUT2D eigenvalue weighted by atomic mass is 19.1. The number of nitrogens with zero attached hydrogens (tertiary/aromatic N) is 3. The number of aromatic nitrogens is 1. The molecule has 8 heteroatoms. The van der Waals surface area contributed by atoms with Crippen LogP contribution in [0.15, 0.2) is 42.6 Å². The largest absolute Gasteiger partial charge is 0.357 e. The summed E-state index contributed by atoms with van der Waals surface area (Å²) in [6.45, 7) is 2.72. The minimum atomic E-state index is -0.662. The van der Waals surface area contributed by atoms with Gasteiger partial charge in [-0.15, -0.1) is 0 Å². The molecule has 2 fully saturated rings. The Balaban J connectivity index is 1.30. The maximum atomic E-state index is 14.0. The van der Waals surface area contributed by atoms with Crippen LogP contribution in [0.5, 0.6) is 0 Å².